The van der Waals surface area contributed by atoms with Crippen LogP contribution in [0.15, 0.2) is 24.3 Å². The number of hydrogen-bond acceptors (Lipinski definition) is 1. The minimum Gasteiger partial charge on any atom is -0.465 e. The second-order valence-electron chi connectivity index (χ2n) is 4.64. The van der Waals surface area contributed by atoms with E-state index in [1.165, 1.54) is 44.1 Å². The van der Waals surface area contributed by atoms with Gasteiger partial charge in [-0.25, -0.2) is 4.79 Å². The SMILES string of the molecule is CCCCCCCCc1ccc(NC(=O)O)cc1. The highest BCUT2D eigenvalue weighted by molar-refractivity contribution is 5.82. The molecule has 0 radical (unpaired) electrons. The van der Waals surface area contributed by atoms with Crippen molar-refractivity contribution < 1.29 is 9.90 Å². The van der Waals surface area contributed by atoms with Gasteiger partial charge in [0.05, 0.1) is 0 Å². The third-order valence-corrected chi connectivity index (χ3v) is 3.02. The maximum absolute atomic E-state index is 10.4. The fourth-order valence-corrected chi connectivity index (χ4v) is 1.99. The van der Waals surface area contributed by atoms with Crippen LogP contribution in [-0.4, -0.2) is 11.2 Å². The number of hydrogen-bond donors (Lipinski definition) is 2. The molecule has 0 aliphatic heterocycles. The zero-order valence-electron chi connectivity index (χ0n) is 11.1. The summed E-state index contributed by atoms with van der Waals surface area (Å²) >= 11 is 0. The summed E-state index contributed by atoms with van der Waals surface area (Å²) in [5.74, 6) is 0. The van der Waals surface area contributed by atoms with Crippen LogP contribution in [0.3, 0.4) is 0 Å². The van der Waals surface area contributed by atoms with Gasteiger partial charge >= 0.3 is 6.09 Å². The normalized spacial score (nSPS) is 10.3. The molecule has 0 aliphatic rings. The molecule has 0 saturated heterocycles. The zero-order chi connectivity index (χ0) is 13.2. The Bertz CT molecular complexity index is 346. The van der Waals surface area contributed by atoms with E-state index in [4.69, 9.17) is 5.11 Å². The Hall–Kier alpha value is -1.51. The molecule has 0 spiro atoms. The lowest BCUT2D eigenvalue weighted by molar-refractivity contribution is 0.210. The smallest absolute Gasteiger partial charge is 0.409 e. The van der Waals surface area contributed by atoms with Crippen molar-refractivity contribution in [2.45, 2.75) is 51.9 Å². The molecule has 0 heterocycles. The highest BCUT2D eigenvalue weighted by atomic mass is 16.4. The lowest BCUT2D eigenvalue weighted by Crippen LogP contribution is -2.06. The molecule has 0 saturated carbocycles. The molecule has 0 fully saturated rings. The average Bonchev–Trinajstić information content (AvgIpc) is 2.35. The van der Waals surface area contributed by atoms with E-state index in [0.29, 0.717) is 5.69 Å². The van der Waals surface area contributed by atoms with Gasteiger partial charge in [0.25, 0.3) is 0 Å². The first-order chi connectivity index (χ1) is 8.72. The topological polar surface area (TPSA) is 49.3 Å². The highest BCUT2D eigenvalue weighted by Gasteiger charge is 1.98. The number of carboxylic acid groups (broad SMARTS) is 1. The van der Waals surface area contributed by atoms with Crippen molar-refractivity contribution in [3.05, 3.63) is 29.8 Å². The molecule has 0 aliphatic carbocycles. The van der Waals surface area contributed by atoms with Gasteiger partial charge in [-0.2, -0.15) is 0 Å². The molecular weight excluding hydrogens is 226 g/mol. The number of aryl methyl sites for hydroxylation is 1. The van der Waals surface area contributed by atoms with Crippen molar-refractivity contribution in [3.63, 3.8) is 0 Å². The quantitative estimate of drug-likeness (QED) is 0.657. The van der Waals surface area contributed by atoms with Crippen molar-refractivity contribution in [2.75, 3.05) is 5.32 Å². The van der Waals surface area contributed by atoms with Crippen LogP contribution >= 0.6 is 0 Å². The molecule has 0 unspecified atom stereocenters. The summed E-state index contributed by atoms with van der Waals surface area (Å²) in [7, 11) is 0. The van der Waals surface area contributed by atoms with E-state index in [1.807, 2.05) is 24.3 Å². The number of amides is 1. The van der Waals surface area contributed by atoms with Gasteiger partial charge in [-0.1, -0.05) is 51.2 Å². The summed E-state index contributed by atoms with van der Waals surface area (Å²) in [6.07, 6.45) is 7.88. The van der Waals surface area contributed by atoms with E-state index < -0.39 is 6.09 Å². The summed E-state index contributed by atoms with van der Waals surface area (Å²) < 4.78 is 0. The first kappa shape index (κ1) is 14.6. The number of benzene rings is 1. The van der Waals surface area contributed by atoms with Crippen LogP contribution in [0.4, 0.5) is 10.5 Å². The van der Waals surface area contributed by atoms with Crippen LogP contribution in [0.25, 0.3) is 0 Å². The highest BCUT2D eigenvalue weighted by Crippen LogP contribution is 2.13. The fourth-order valence-electron chi connectivity index (χ4n) is 1.99. The number of nitrogens with one attached hydrogen (secondary N) is 1. The predicted octanol–water partition coefficient (Wildman–Crippen LogP) is 4.68. The molecule has 1 aromatic carbocycles. The first-order valence-electron chi connectivity index (χ1n) is 6.81. The van der Waals surface area contributed by atoms with E-state index >= 15 is 0 Å². The lowest BCUT2D eigenvalue weighted by Gasteiger charge is -2.04. The lowest BCUT2D eigenvalue weighted by atomic mass is 10.0. The van der Waals surface area contributed by atoms with Crippen LogP contribution in [0.5, 0.6) is 0 Å². The predicted molar refractivity (Wildman–Crippen MR) is 75.2 cm³/mol. The Balaban J connectivity index is 2.20. The molecule has 0 atom stereocenters. The van der Waals surface area contributed by atoms with Gasteiger partial charge in [-0.05, 0) is 30.5 Å². The number of unbranched alkanes of at least 4 members (excludes halogenated alkanes) is 5. The average molecular weight is 249 g/mol. The number of carbonyl (C=O) groups is 1. The Morgan fingerprint density at radius 1 is 1.06 bits per heavy atom. The summed E-state index contributed by atoms with van der Waals surface area (Å²) in [6, 6.07) is 7.63. The van der Waals surface area contributed by atoms with E-state index in [1.54, 1.807) is 0 Å². The van der Waals surface area contributed by atoms with Crippen LogP contribution < -0.4 is 5.32 Å². The minimum atomic E-state index is -1.02. The molecule has 1 amide bonds. The molecule has 1 aromatic rings. The maximum Gasteiger partial charge on any atom is 0.409 e. The van der Waals surface area contributed by atoms with Gasteiger partial charge < -0.3 is 5.11 Å². The van der Waals surface area contributed by atoms with Crippen molar-refractivity contribution >= 4 is 11.8 Å². The van der Waals surface area contributed by atoms with Crippen LogP contribution in [-0.2, 0) is 6.42 Å². The standard InChI is InChI=1S/C15H23NO2/c1-2-3-4-5-6-7-8-13-9-11-14(12-10-13)16-15(17)18/h9-12,16H,2-8H2,1H3,(H,17,18). The molecule has 0 aromatic heterocycles. The van der Waals surface area contributed by atoms with Gasteiger partial charge in [-0.15, -0.1) is 0 Å². The third kappa shape index (κ3) is 6.28. The molecule has 3 heteroatoms. The second-order valence-corrected chi connectivity index (χ2v) is 4.64. The summed E-state index contributed by atoms with van der Waals surface area (Å²) in [4.78, 5) is 10.4. The Labute approximate surface area is 109 Å². The van der Waals surface area contributed by atoms with Crippen LogP contribution in [0, 0.1) is 0 Å². The third-order valence-electron chi connectivity index (χ3n) is 3.02. The molecule has 2 N–H and O–H groups in total. The number of rotatable bonds is 8. The molecule has 18 heavy (non-hydrogen) atoms. The summed E-state index contributed by atoms with van der Waals surface area (Å²) in [5.41, 5.74) is 1.91. The Kier molecular flexibility index (Phi) is 6.92. The molecular formula is C15H23NO2. The van der Waals surface area contributed by atoms with Gasteiger partial charge in [0.1, 0.15) is 0 Å². The van der Waals surface area contributed by atoms with Crippen LogP contribution in [0.1, 0.15) is 51.0 Å². The summed E-state index contributed by atoms with van der Waals surface area (Å²) in [6.45, 7) is 2.23. The first-order valence-corrected chi connectivity index (χ1v) is 6.81. The maximum atomic E-state index is 10.4. The summed E-state index contributed by atoms with van der Waals surface area (Å²) in [5, 5.41) is 10.9. The van der Waals surface area contributed by atoms with E-state index in [-0.39, 0.29) is 0 Å². The Morgan fingerprint density at radius 3 is 2.28 bits per heavy atom. The zero-order valence-corrected chi connectivity index (χ0v) is 11.1. The molecule has 0 bridgehead atoms. The molecule has 100 valence electrons. The van der Waals surface area contributed by atoms with Gasteiger partial charge in [0.2, 0.25) is 0 Å². The van der Waals surface area contributed by atoms with E-state index in [0.717, 1.165) is 6.42 Å². The minimum absolute atomic E-state index is 0.634. The van der Waals surface area contributed by atoms with Gasteiger partial charge in [0, 0.05) is 5.69 Å². The van der Waals surface area contributed by atoms with E-state index in [2.05, 4.69) is 12.2 Å². The molecule has 3 nitrogen and oxygen atoms in total. The van der Waals surface area contributed by atoms with Gasteiger partial charge in [0.15, 0.2) is 0 Å². The van der Waals surface area contributed by atoms with Crippen molar-refractivity contribution in [1.82, 2.24) is 0 Å². The van der Waals surface area contributed by atoms with Crippen molar-refractivity contribution in [2.24, 2.45) is 0 Å². The van der Waals surface area contributed by atoms with Crippen LogP contribution in [0.2, 0.25) is 0 Å². The fraction of sp³-hybridized carbons (Fsp3) is 0.533. The second kappa shape index (κ2) is 8.56. The Morgan fingerprint density at radius 2 is 1.67 bits per heavy atom. The van der Waals surface area contributed by atoms with Crippen molar-refractivity contribution in [3.8, 4) is 0 Å². The molecule has 1 rings (SSSR count). The number of anilines is 1. The van der Waals surface area contributed by atoms with E-state index in [9.17, 15) is 4.79 Å². The largest absolute Gasteiger partial charge is 0.465 e. The van der Waals surface area contributed by atoms with Crippen molar-refractivity contribution in [1.29, 1.82) is 0 Å². The van der Waals surface area contributed by atoms with Gasteiger partial charge in [-0.3, -0.25) is 5.32 Å². The monoisotopic (exact) mass is 249 g/mol.